The number of nitrogens with zero attached hydrogens (tertiary/aromatic N) is 1. The van der Waals surface area contributed by atoms with Gasteiger partial charge in [-0.3, -0.25) is 9.69 Å². The lowest BCUT2D eigenvalue weighted by atomic mass is 9.99. The maximum atomic E-state index is 12.9. The second-order valence-electron chi connectivity index (χ2n) is 6.98. The summed E-state index contributed by atoms with van der Waals surface area (Å²) in [5.41, 5.74) is 3.34. The molecule has 0 bridgehead atoms. The van der Waals surface area contributed by atoms with Crippen molar-refractivity contribution in [3.8, 4) is 11.5 Å². The lowest BCUT2D eigenvalue weighted by Crippen LogP contribution is -2.37. The van der Waals surface area contributed by atoms with Gasteiger partial charge < -0.3 is 9.47 Å². The molecular formula is C21H20ClNO3. The molecule has 2 aromatic rings. The third-order valence-electron chi connectivity index (χ3n) is 4.84. The number of ketones is 1. The van der Waals surface area contributed by atoms with Crippen LogP contribution in [-0.4, -0.2) is 23.5 Å². The first-order valence-corrected chi connectivity index (χ1v) is 9.05. The highest BCUT2D eigenvalue weighted by molar-refractivity contribution is 6.30. The topological polar surface area (TPSA) is 38.8 Å². The van der Waals surface area contributed by atoms with Crippen molar-refractivity contribution < 1.29 is 14.3 Å². The summed E-state index contributed by atoms with van der Waals surface area (Å²) in [5.74, 6) is 1.64. The Bertz CT molecular complexity index is 933. The zero-order valence-corrected chi connectivity index (χ0v) is 15.8. The van der Waals surface area contributed by atoms with Gasteiger partial charge in [0.05, 0.1) is 5.56 Å². The molecule has 0 radical (unpaired) electrons. The Morgan fingerprint density at radius 3 is 2.77 bits per heavy atom. The smallest absolute Gasteiger partial charge is 0.231 e. The fourth-order valence-electron chi connectivity index (χ4n) is 3.35. The lowest BCUT2D eigenvalue weighted by Gasteiger charge is -2.32. The van der Waals surface area contributed by atoms with Gasteiger partial charge in [0.25, 0.3) is 0 Å². The summed E-state index contributed by atoms with van der Waals surface area (Å²) in [6.07, 6.45) is 1.73. The van der Waals surface area contributed by atoms with E-state index in [0.29, 0.717) is 34.9 Å². The van der Waals surface area contributed by atoms with E-state index < -0.39 is 0 Å². The molecule has 0 unspecified atom stereocenters. The summed E-state index contributed by atoms with van der Waals surface area (Å²) < 4.78 is 11.9. The van der Waals surface area contributed by atoms with Gasteiger partial charge in [0.1, 0.15) is 18.2 Å². The molecule has 0 aromatic heterocycles. The van der Waals surface area contributed by atoms with Crippen molar-refractivity contribution in [2.24, 2.45) is 0 Å². The fourth-order valence-corrected chi connectivity index (χ4v) is 3.54. The molecule has 2 aliphatic rings. The van der Waals surface area contributed by atoms with Crippen molar-refractivity contribution in [1.29, 1.82) is 0 Å². The first-order valence-electron chi connectivity index (χ1n) is 8.67. The van der Waals surface area contributed by atoms with Crippen LogP contribution in [0.3, 0.4) is 0 Å². The Hall–Kier alpha value is -2.30. The number of halogens is 1. The summed E-state index contributed by atoms with van der Waals surface area (Å²) in [6, 6.07) is 9.62. The molecule has 0 fully saturated rings. The highest BCUT2D eigenvalue weighted by atomic mass is 35.5. The zero-order valence-electron chi connectivity index (χ0n) is 15.0. The second-order valence-corrected chi connectivity index (χ2v) is 7.41. The van der Waals surface area contributed by atoms with E-state index in [-0.39, 0.29) is 5.78 Å². The van der Waals surface area contributed by atoms with Gasteiger partial charge in [-0.25, -0.2) is 0 Å². The first-order chi connectivity index (χ1) is 12.4. The van der Waals surface area contributed by atoms with E-state index in [1.165, 1.54) is 0 Å². The molecule has 4 rings (SSSR count). The number of rotatable bonds is 2. The highest BCUT2D eigenvalue weighted by Gasteiger charge is 2.33. The van der Waals surface area contributed by atoms with Crippen molar-refractivity contribution in [2.45, 2.75) is 33.4 Å². The standard InChI is InChI=1S/C21H20ClNO3/c1-12(2)23-10-15-9-17-19(24)18(8-14-5-4-6-16(22)7-14)26-21(17)13(3)20(15)25-11-23/h4-9,12H,10-11H2,1-3H3/b18-8-. The maximum Gasteiger partial charge on any atom is 0.231 e. The van der Waals surface area contributed by atoms with Crippen LogP contribution in [0.1, 0.15) is 40.9 Å². The number of hydrogen-bond donors (Lipinski definition) is 0. The largest absolute Gasteiger partial charge is 0.477 e. The predicted octanol–water partition coefficient (Wildman–Crippen LogP) is 4.82. The summed E-state index contributed by atoms with van der Waals surface area (Å²) in [6.45, 7) is 7.52. The average molecular weight is 370 g/mol. The molecule has 26 heavy (non-hydrogen) atoms. The SMILES string of the molecule is Cc1c2c(cc3c1O/C(=C\c1cccc(Cl)c1)C3=O)CN(C(C)C)CO2. The summed E-state index contributed by atoms with van der Waals surface area (Å²) in [4.78, 5) is 15.1. The van der Waals surface area contributed by atoms with Gasteiger partial charge in [0.15, 0.2) is 5.76 Å². The fraction of sp³-hybridized carbons (Fsp3) is 0.286. The molecule has 0 saturated carbocycles. The number of Topliss-reactive ketones (excluding diaryl/α,β-unsaturated/α-hetero) is 1. The average Bonchev–Trinajstić information content (AvgIpc) is 2.91. The van der Waals surface area contributed by atoms with Crippen LogP contribution in [0.25, 0.3) is 6.08 Å². The minimum absolute atomic E-state index is 0.104. The molecule has 0 amide bonds. The number of hydrogen-bond acceptors (Lipinski definition) is 4. The Kier molecular flexibility index (Phi) is 4.25. The Morgan fingerprint density at radius 2 is 2.04 bits per heavy atom. The van der Waals surface area contributed by atoms with E-state index in [9.17, 15) is 4.79 Å². The highest BCUT2D eigenvalue weighted by Crippen LogP contribution is 2.43. The van der Waals surface area contributed by atoms with Crippen molar-refractivity contribution in [2.75, 3.05) is 6.73 Å². The molecule has 0 N–H and O–H groups in total. The molecule has 134 valence electrons. The summed E-state index contributed by atoms with van der Waals surface area (Å²) in [7, 11) is 0. The van der Waals surface area contributed by atoms with Crippen LogP contribution in [0.15, 0.2) is 36.1 Å². The van der Waals surface area contributed by atoms with E-state index in [2.05, 4.69) is 18.7 Å². The third-order valence-corrected chi connectivity index (χ3v) is 5.08. The summed E-state index contributed by atoms with van der Waals surface area (Å²) >= 11 is 6.03. The van der Waals surface area contributed by atoms with Crippen LogP contribution in [0.5, 0.6) is 11.5 Å². The van der Waals surface area contributed by atoms with E-state index in [4.69, 9.17) is 21.1 Å². The second kappa shape index (κ2) is 6.45. The maximum absolute atomic E-state index is 12.9. The third kappa shape index (κ3) is 2.89. The molecule has 2 aliphatic heterocycles. The van der Waals surface area contributed by atoms with Crippen LogP contribution in [0.4, 0.5) is 0 Å². The predicted molar refractivity (Wildman–Crippen MR) is 102 cm³/mol. The number of carbonyl (C=O) groups is 1. The Labute approximate surface area is 158 Å². The normalized spacial score (nSPS) is 17.9. The monoisotopic (exact) mass is 369 g/mol. The van der Waals surface area contributed by atoms with E-state index in [1.54, 1.807) is 18.2 Å². The van der Waals surface area contributed by atoms with Crippen LogP contribution < -0.4 is 9.47 Å². The molecule has 5 heteroatoms. The number of ether oxygens (including phenoxy) is 2. The van der Waals surface area contributed by atoms with Crippen LogP contribution in [0, 0.1) is 6.92 Å². The number of carbonyl (C=O) groups excluding carboxylic acids is 1. The summed E-state index contributed by atoms with van der Waals surface area (Å²) in [5, 5.41) is 0.621. The number of fused-ring (bicyclic) bond motifs is 2. The van der Waals surface area contributed by atoms with Gasteiger partial charge in [0.2, 0.25) is 5.78 Å². The van der Waals surface area contributed by atoms with Gasteiger partial charge in [-0.2, -0.15) is 0 Å². The van der Waals surface area contributed by atoms with Crippen LogP contribution in [0.2, 0.25) is 5.02 Å². The van der Waals surface area contributed by atoms with Crippen LogP contribution >= 0.6 is 11.6 Å². The molecule has 0 spiro atoms. The first kappa shape index (κ1) is 17.1. The van der Waals surface area contributed by atoms with Crippen molar-refractivity contribution in [3.05, 3.63) is 63.4 Å². The van der Waals surface area contributed by atoms with E-state index in [1.807, 2.05) is 25.1 Å². The zero-order chi connectivity index (χ0) is 18.4. The lowest BCUT2D eigenvalue weighted by molar-refractivity contribution is 0.0678. The Morgan fingerprint density at radius 1 is 1.23 bits per heavy atom. The van der Waals surface area contributed by atoms with Crippen molar-refractivity contribution in [3.63, 3.8) is 0 Å². The minimum Gasteiger partial charge on any atom is -0.477 e. The Balaban J connectivity index is 1.72. The van der Waals surface area contributed by atoms with E-state index in [0.717, 1.165) is 29.0 Å². The minimum atomic E-state index is -0.104. The quantitative estimate of drug-likeness (QED) is 0.711. The molecule has 0 saturated heterocycles. The van der Waals surface area contributed by atoms with Gasteiger partial charge in [-0.15, -0.1) is 0 Å². The van der Waals surface area contributed by atoms with E-state index >= 15 is 0 Å². The van der Waals surface area contributed by atoms with Gasteiger partial charge in [-0.1, -0.05) is 23.7 Å². The van der Waals surface area contributed by atoms with Gasteiger partial charge in [-0.05, 0) is 50.6 Å². The van der Waals surface area contributed by atoms with Crippen LogP contribution in [-0.2, 0) is 6.54 Å². The number of benzene rings is 2. The molecule has 2 aromatic carbocycles. The number of allylic oxidation sites excluding steroid dienone is 1. The van der Waals surface area contributed by atoms with Crippen molar-refractivity contribution in [1.82, 2.24) is 4.90 Å². The molecule has 0 aliphatic carbocycles. The molecule has 0 atom stereocenters. The van der Waals surface area contributed by atoms with Crippen molar-refractivity contribution >= 4 is 23.5 Å². The molecular weight excluding hydrogens is 350 g/mol. The van der Waals surface area contributed by atoms with Gasteiger partial charge in [0, 0.05) is 28.7 Å². The molecule has 2 heterocycles. The molecule has 4 nitrogen and oxygen atoms in total. The van der Waals surface area contributed by atoms with Gasteiger partial charge >= 0.3 is 0 Å².